The van der Waals surface area contributed by atoms with E-state index in [0.717, 1.165) is 16.7 Å². The summed E-state index contributed by atoms with van der Waals surface area (Å²) in [4.78, 5) is 22.7. The Hall–Kier alpha value is -3.09. The van der Waals surface area contributed by atoms with Gasteiger partial charge in [-0.1, -0.05) is 12.1 Å². The van der Waals surface area contributed by atoms with Crippen LogP contribution < -0.4 is 10.5 Å². The van der Waals surface area contributed by atoms with Crippen molar-refractivity contribution < 1.29 is 14.3 Å². The Morgan fingerprint density at radius 3 is 2.56 bits per heavy atom. The van der Waals surface area contributed by atoms with E-state index >= 15 is 0 Å². The quantitative estimate of drug-likeness (QED) is 0.836. The van der Waals surface area contributed by atoms with Crippen LogP contribution in [0.25, 0.3) is 17.0 Å². The second-order valence-electron chi connectivity index (χ2n) is 7.31. The summed E-state index contributed by atoms with van der Waals surface area (Å²) < 4.78 is 10.8. The zero-order valence-electron chi connectivity index (χ0n) is 16.0. The summed E-state index contributed by atoms with van der Waals surface area (Å²) in [5, 5.41) is 0. The van der Waals surface area contributed by atoms with E-state index in [0.29, 0.717) is 30.4 Å². The number of hydrogen-bond donors (Lipinski definition) is 1. The fourth-order valence-corrected chi connectivity index (χ4v) is 2.82. The highest BCUT2D eigenvalue weighted by Gasteiger charge is 2.26. The van der Waals surface area contributed by atoms with Gasteiger partial charge in [0, 0.05) is 31.0 Å². The predicted molar refractivity (Wildman–Crippen MR) is 104 cm³/mol. The number of nitrogens with two attached hydrogens (primary N) is 1. The molecule has 7 nitrogen and oxygen atoms in total. The number of ether oxygens (including phenoxy) is 2. The summed E-state index contributed by atoms with van der Waals surface area (Å²) in [6.45, 7) is 6.54. The normalized spacial score (nSPS) is 14.1. The molecule has 142 valence electrons. The van der Waals surface area contributed by atoms with Gasteiger partial charge in [0.25, 0.3) is 0 Å². The van der Waals surface area contributed by atoms with Crippen molar-refractivity contribution in [3.05, 3.63) is 42.2 Å². The van der Waals surface area contributed by atoms with E-state index in [1.165, 1.54) is 0 Å². The smallest absolute Gasteiger partial charge is 0.410 e. The van der Waals surface area contributed by atoms with Crippen molar-refractivity contribution in [1.29, 1.82) is 0 Å². The number of carbonyl (C=O) groups excluding carboxylic acids is 1. The first-order valence-corrected chi connectivity index (χ1v) is 8.70. The maximum absolute atomic E-state index is 12.2. The molecule has 2 N–H and O–H groups in total. The molecule has 1 aliphatic heterocycles. The van der Waals surface area contributed by atoms with E-state index in [1.807, 2.05) is 39.0 Å². The van der Waals surface area contributed by atoms with Crippen LogP contribution in [0, 0.1) is 0 Å². The van der Waals surface area contributed by atoms with E-state index < -0.39 is 5.60 Å². The van der Waals surface area contributed by atoms with Gasteiger partial charge < -0.3 is 20.1 Å². The van der Waals surface area contributed by atoms with Crippen LogP contribution in [0.5, 0.6) is 5.75 Å². The zero-order chi connectivity index (χ0) is 19.6. The second-order valence-corrected chi connectivity index (χ2v) is 7.31. The summed E-state index contributed by atoms with van der Waals surface area (Å²) in [5.41, 5.74) is 8.57. The molecule has 1 aromatic heterocycles. The first-order valence-electron chi connectivity index (χ1n) is 8.70. The molecule has 0 saturated heterocycles. The standard InChI is InChI=1S/C20H24N4O3/c1-20(2,3)27-19(25)24-9-8-13(12-24)14-10-22-18(23-11-14)15-6-5-7-16(21)17(15)26-4/h5-8,10-11H,9,12,21H2,1-4H3. The van der Waals surface area contributed by atoms with Gasteiger partial charge in [-0.15, -0.1) is 0 Å². The third-order valence-electron chi connectivity index (χ3n) is 4.08. The topological polar surface area (TPSA) is 90.6 Å². The van der Waals surface area contributed by atoms with Crippen molar-refractivity contribution >= 4 is 17.4 Å². The summed E-state index contributed by atoms with van der Waals surface area (Å²) in [6.07, 6.45) is 5.16. The number of carbonyl (C=O) groups is 1. The minimum absolute atomic E-state index is 0.323. The Morgan fingerprint density at radius 2 is 1.93 bits per heavy atom. The number of nitrogen functional groups attached to an aromatic ring is 1. The first-order chi connectivity index (χ1) is 12.8. The highest BCUT2D eigenvalue weighted by atomic mass is 16.6. The number of para-hydroxylation sites is 1. The maximum Gasteiger partial charge on any atom is 0.410 e. The molecule has 1 aromatic carbocycles. The van der Waals surface area contributed by atoms with Crippen LogP contribution in [-0.2, 0) is 4.74 Å². The van der Waals surface area contributed by atoms with Crippen LogP contribution in [0.4, 0.5) is 10.5 Å². The minimum Gasteiger partial charge on any atom is -0.494 e. The van der Waals surface area contributed by atoms with Crippen molar-refractivity contribution in [2.24, 2.45) is 0 Å². The van der Waals surface area contributed by atoms with Gasteiger partial charge in [0.1, 0.15) is 5.60 Å². The van der Waals surface area contributed by atoms with Crippen molar-refractivity contribution in [2.75, 3.05) is 25.9 Å². The Labute approximate surface area is 158 Å². The van der Waals surface area contributed by atoms with Gasteiger partial charge >= 0.3 is 6.09 Å². The number of benzene rings is 1. The van der Waals surface area contributed by atoms with Crippen LogP contribution in [0.15, 0.2) is 36.7 Å². The molecule has 0 atom stereocenters. The van der Waals surface area contributed by atoms with E-state index in [2.05, 4.69) is 9.97 Å². The Morgan fingerprint density at radius 1 is 1.22 bits per heavy atom. The lowest BCUT2D eigenvalue weighted by molar-refractivity contribution is 0.0306. The number of hydrogen-bond acceptors (Lipinski definition) is 6. The summed E-state index contributed by atoms with van der Waals surface area (Å²) in [5.74, 6) is 1.09. The van der Waals surface area contributed by atoms with Crippen molar-refractivity contribution in [2.45, 2.75) is 26.4 Å². The molecule has 2 heterocycles. The number of anilines is 1. The average molecular weight is 368 g/mol. The van der Waals surface area contributed by atoms with Crippen LogP contribution in [0.2, 0.25) is 0 Å². The van der Waals surface area contributed by atoms with Gasteiger partial charge in [-0.2, -0.15) is 0 Å². The molecule has 27 heavy (non-hydrogen) atoms. The highest BCUT2D eigenvalue weighted by molar-refractivity contribution is 5.78. The summed E-state index contributed by atoms with van der Waals surface area (Å²) >= 11 is 0. The lowest BCUT2D eigenvalue weighted by atomic mass is 10.1. The fraction of sp³-hybridized carbons (Fsp3) is 0.350. The van der Waals surface area contributed by atoms with E-state index in [4.69, 9.17) is 15.2 Å². The van der Waals surface area contributed by atoms with Gasteiger partial charge in [0.15, 0.2) is 11.6 Å². The SMILES string of the molecule is COc1c(N)cccc1-c1ncc(C2=CCN(C(=O)OC(C)(C)C)C2)cn1. The van der Waals surface area contributed by atoms with Gasteiger partial charge in [0.05, 0.1) is 18.4 Å². The minimum atomic E-state index is -0.513. The highest BCUT2D eigenvalue weighted by Crippen LogP contribution is 2.33. The van der Waals surface area contributed by atoms with Gasteiger partial charge in [-0.3, -0.25) is 0 Å². The molecule has 0 bridgehead atoms. The molecule has 7 heteroatoms. The molecule has 3 rings (SSSR count). The van der Waals surface area contributed by atoms with Crippen LogP contribution >= 0.6 is 0 Å². The van der Waals surface area contributed by atoms with E-state index in [1.54, 1.807) is 30.5 Å². The lowest BCUT2D eigenvalue weighted by Crippen LogP contribution is -2.35. The third-order valence-corrected chi connectivity index (χ3v) is 4.08. The first kappa shape index (κ1) is 18.7. The Bertz CT molecular complexity index is 870. The predicted octanol–water partition coefficient (Wildman–Crippen LogP) is 3.37. The van der Waals surface area contributed by atoms with Gasteiger partial charge in [0.2, 0.25) is 0 Å². The summed E-state index contributed by atoms with van der Waals surface area (Å²) in [6, 6.07) is 5.47. The van der Waals surface area contributed by atoms with Crippen molar-refractivity contribution in [3.63, 3.8) is 0 Å². The number of rotatable bonds is 3. The molecule has 1 amide bonds. The second kappa shape index (κ2) is 7.26. The van der Waals surface area contributed by atoms with Crippen LogP contribution in [0.1, 0.15) is 26.3 Å². The van der Waals surface area contributed by atoms with Crippen LogP contribution in [-0.4, -0.2) is 46.8 Å². The summed E-state index contributed by atoms with van der Waals surface area (Å²) in [7, 11) is 1.57. The average Bonchev–Trinajstić information content (AvgIpc) is 3.10. The molecule has 0 radical (unpaired) electrons. The maximum atomic E-state index is 12.2. The molecule has 2 aromatic rings. The number of amides is 1. The number of nitrogens with zero attached hydrogens (tertiary/aromatic N) is 3. The lowest BCUT2D eigenvalue weighted by Gasteiger charge is -2.24. The molecule has 1 aliphatic rings. The van der Waals surface area contributed by atoms with Crippen molar-refractivity contribution in [1.82, 2.24) is 14.9 Å². The Balaban J connectivity index is 1.74. The van der Waals surface area contributed by atoms with E-state index in [9.17, 15) is 4.79 Å². The third kappa shape index (κ3) is 4.19. The largest absolute Gasteiger partial charge is 0.494 e. The molecule has 0 fully saturated rings. The number of methoxy groups -OCH3 is 1. The molecular formula is C20H24N4O3. The Kier molecular flexibility index (Phi) is 5.03. The fourth-order valence-electron chi connectivity index (χ4n) is 2.82. The molecule has 0 spiro atoms. The van der Waals surface area contributed by atoms with Crippen molar-refractivity contribution in [3.8, 4) is 17.1 Å². The monoisotopic (exact) mass is 368 g/mol. The van der Waals surface area contributed by atoms with Gasteiger partial charge in [-0.05, 0) is 38.5 Å². The zero-order valence-corrected chi connectivity index (χ0v) is 16.0. The molecule has 0 aliphatic carbocycles. The molecule has 0 unspecified atom stereocenters. The van der Waals surface area contributed by atoms with Crippen LogP contribution in [0.3, 0.4) is 0 Å². The number of aromatic nitrogens is 2. The van der Waals surface area contributed by atoms with Gasteiger partial charge in [-0.25, -0.2) is 14.8 Å². The molecular weight excluding hydrogens is 344 g/mol. The van der Waals surface area contributed by atoms with E-state index in [-0.39, 0.29) is 6.09 Å². The molecule has 0 saturated carbocycles.